The number of carbonyl (C=O) groups is 1. The molecule has 78 valence electrons. The standard InChI is InChI=1S/C11H17NO2/c1-4-7-14-11(13)10-6-5-8(2)12-9(10)3/h5,12H,4,6-7H2,1-3H3. The zero-order valence-corrected chi connectivity index (χ0v) is 9.02. The number of esters is 1. The Bertz CT molecular complexity index is 290. The first-order valence-electron chi connectivity index (χ1n) is 4.95. The van der Waals surface area contributed by atoms with Crippen LogP contribution in [0.4, 0.5) is 0 Å². The van der Waals surface area contributed by atoms with Crippen LogP contribution in [0, 0.1) is 0 Å². The van der Waals surface area contributed by atoms with Crippen LogP contribution in [0.5, 0.6) is 0 Å². The Morgan fingerprint density at radius 2 is 2.29 bits per heavy atom. The van der Waals surface area contributed by atoms with Gasteiger partial charge in [-0.2, -0.15) is 0 Å². The molecule has 14 heavy (non-hydrogen) atoms. The number of ether oxygens (including phenoxy) is 1. The van der Waals surface area contributed by atoms with Crippen LogP contribution in [0.15, 0.2) is 23.0 Å². The van der Waals surface area contributed by atoms with Gasteiger partial charge < -0.3 is 10.1 Å². The summed E-state index contributed by atoms with van der Waals surface area (Å²) in [7, 11) is 0. The fraction of sp³-hybridized carbons (Fsp3) is 0.545. The van der Waals surface area contributed by atoms with Crippen LogP contribution in [-0.2, 0) is 9.53 Å². The monoisotopic (exact) mass is 195 g/mol. The maximum absolute atomic E-state index is 11.5. The van der Waals surface area contributed by atoms with Gasteiger partial charge >= 0.3 is 5.97 Å². The molecule has 1 aliphatic heterocycles. The molecule has 0 saturated carbocycles. The summed E-state index contributed by atoms with van der Waals surface area (Å²) in [5.41, 5.74) is 2.74. The molecule has 0 saturated heterocycles. The minimum Gasteiger partial charge on any atom is -0.462 e. The summed E-state index contributed by atoms with van der Waals surface area (Å²) in [5, 5.41) is 3.13. The first-order valence-corrected chi connectivity index (χ1v) is 4.95. The van der Waals surface area contributed by atoms with Gasteiger partial charge in [-0.25, -0.2) is 4.79 Å². The molecular formula is C11H17NO2. The van der Waals surface area contributed by atoms with E-state index in [1.807, 2.05) is 26.8 Å². The normalized spacial score (nSPS) is 16.1. The van der Waals surface area contributed by atoms with Gasteiger partial charge in [0.25, 0.3) is 0 Å². The molecule has 3 nitrogen and oxygen atoms in total. The maximum Gasteiger partial charge on any atom is 0.336 e. The van der Waals surface area contributed by atoms with Crippen LogP contribution < -0.4 is 5.32 Å². The van der Waals surface area contributed by atoms with Crippen molar-refractivity contribution in [3.05, 3.63) is 23.0 Å². The lowest BCUT2D eigenvalue weighted by Crippen LogP contribution is -2.20. The summed E-state index contributed by atoms with van der Waals surface area (Å²) >= 11 is 0. The molecule has 1 N–H and O–H groups in total. The lowest BCUT2D eigenvalue weighted by molar-refractivity contribution is -0.139. The highest BCUT2D eigenvalue weighted by atomic mass is 16.5. The Balaban J connectivity index is 2.60. The van der Waals surface area contributed by atoms with Gasteiger partial charge in [-0.15, -0.1) is 0 Å². The van der Waals surface area contributed by atoms with Crippen molar-refractivity contribution in [2.75, 3.05) is 6.61 Å². The van der Waals surface area contributed by atoms with E-state index in [1.165, 1.54) is 0 Å². The Morgan fingerprint density at radius 3 is 2.86 bits per heavy atom. The van der Waals surface area contributed by atoms with E-state index in [0.717, 1.165) is 23.4 Å². The van der Waals surface area contributed by atoms with Crippen molar-refractivity contribution in [1.82, 2.24) is 5.32 Å². The number of nitrogens with one attached hydrogen (secondary N) is 1. The fourth-order valence-electron chi connectivity index (χ4n) is 1.35. The number of hydrogen-bond donors (Lipinski definition) is 1. The van der Waals surface area contributed by atoms with E-state index in [2.05, 4.69) is 5.32 Å². The second-order valence-electron chi connectivity index (χ2n) is 3.46. The van der Waals surface area contributed by atoms with Gasteiger partial charge in [-0.1, -0.05) is 13.0 Å². The van der Waals surface area contributed by atoms with E-state index in [4.69, 9.17) is 4.74 Å². The molecule has 1 heterocycles. The number of hydrogen-bond acceptors (Lipinski definition) is 3. The minimum absolute atomic E-state index is 0.194. The highest BCUT2D eigenvalue weighted by Gasteiger charge is 2.16. The highest BCUT2D eigenvalue weighted by Crippen LogP contribution is 2.16. The average molecular weight is 195 g/mol. The van der Waals surface area contributed by atoms with Crippen LogP contribution in [0.25, 0.3) is 0 Å². The van der Waals surface area contributed by atoms with E-state index < -0.39 is 0 Å². The zero-order chi connectivity index (χ0) is 10.6. The molecule has 0 radical (unpaired) electrons. The summed E-state index contributed by atoms with van der Waals surface area (Å²) in [4.78, 5) is 11.5. The topological polar surface area (TPSA) is 38.3 Å². The van der Waals surface area contributed by atoms with E-state index in [9.17, 15) is 4.79 Å². The van der Waals surface area contributed by atoms with Gasteiger partial charge in [0.2, 0.25) is 0 Å². The predicted molar refractivity (Wildman–Crippen MR) is 55.5 cm³/mol. The lowest BCUT2D eigenvalue weighted by atomic mass is 10.1. The van der Waals surface area contributed by atoms with Crippen LogP contribution >= 0.6 is 0 Å². The third-order valence-corrected chi connectivity index (χ3v) is 2.13. The van der Waals surface area contributed by atoms with Crippen LogP contribution in [0.2, 0.25) is 0 Å². The molecule has 0 aromatic heterocycles. The molecule has 0 atom stereocenters. The molecule has 0 aliphatic carbocycles. The summed E-state index contributed by atoms with van der Waals surface area (Å²) in [5.74, 6) is -0.194. The Labute approximate surface area is 84.8 Å². The molecule has 0 fully saturated rings. The lowest BCUT2D eigenvalue weighted by Gasteiger charge is -2.17. The second kappa shape index (κ2) is 4.84. The second-order valence-corrected chi connectivity index (χ2v) is 3.46. The van der Waals surface area contributed by atoms with Gasteiger partial charge in [-0.3, -0.25) is 0 Å². The molecule has 1 aliphatic rings. The van der Waals surface area contributed by atoms with Crippen molar-refractivity contribution in [2.24, 2.45) is 0 Å². The van der Waals surface area contributed by atoms with E-state index in [-0.39, 0.29) is 5.97 Å². The highest BCUT2D eigenvalue weighted by molar-refractivity contribution is 5.89. The van der Waals surface area contributed by atoms with Gasteiger partial charge in [0, 0.05) is 17.8 Å². The molecule has 0 unspecified atom stereocenters. The molecule has 3 heteroatoms. The van der Waals surface area contributed by atoms with Crippen molar-refractivity contribution in [3.8, 4) is 0 Å². The van der Waals surface area contributed by atoms with Crippen LogP contribution in [0.1, 0.15) is 33.6 Å². The molecule has 0 spiro atoms. The third-order valence-electron chi connectivity index (χ3n) is 2.13. The van der Waals surface area contributed by atoms with Crippen molar-refractivity contribution in [1.29, 1.82) is 0 Å². The van der Waals surface area contributed by atoms with Crippen molar-refractivity contribution < 1.29 is 9.53 Å². The third kappa shape index (κ3) is 2.62. The van der Waals surface area contributed by atoms with Gasteiger partial charge in [0.1, 0.15) is 0 Å². The Kier molecular flexibility index (Phi) is 3.74. The zero-order valence-electron chi connectivity index (χ0n) is 9.02. The van der Waals surface area contributed by atoms with Gasteiger partial charge in [0.15, 0.2) is 0 Å². The molecule has 0 bridgehead atoms. The number of dihydropyridines is 1. The van der Waals surface area contributed by atoms with E-state index >= 15 is 0 Å². The number of carbonyl (C=O) groups excluding carboxylic acids is 1. The molecule has 1 rings (SSSR count). The summed E-state index contributed by atoms with van der Waals surface area (Å²) in [6.07, 6.45) is 3.53. The maximum atomic E-state index is 11.5. The predicted octanol–water partition coefficient (Wildman–Crippen LogP) is 2.11. The quantitative estimate of drug-likeness (QED) is 0.701. The summed E-state index contributed by atoms with van der Waals surface area (Å²) in [6, 6.07) is 0. The van der Waals surface area contributed by atoms with Crippen molar-refractivity contribution >= 4 is 5.97 Å². The van der Waals surface area contributed by atoms with E-state index in [0.29, 0.717) is 13.0 Å². The first-order chi connectivity index (χ1) is 6.65. The summed E-state index contributed by atoms with van der Waals surface area (Å²) in [6.45, 7) is 6.37. The Morgan fingerprint density at radius 1 is 1.57 bits per heavy atom. The van der Waals surface area contributed by atoms with Crippen LogP contribution in [0.3, 0.4) is 0 Å². The SMILES string of the molecule is CCCOC(=O)C1=C(C)NC(C)=CC1. The van der Waals surface area contributed by atoms with E-state index in [1.54, 1.807) is 0 Å². The van der Waals surface area contributed by atoms with Gasteiger partial charge in [0.05, 0.1) is 12.2 Å². The molecule has 0 aromatic rings. The van der Waals surface area contributed by atoms with Crippen molar-refractivity contribution in [3.63, 3.8) is 0 Å². The fourth-order valence-corrected chi connectivity index (χ4v) is 1.35. The largest absolute Gasteiger partial charge is 0.462 e. The molecular weight excluding hydrogens is 178 g/mol. The molecule has 0 aromatic carbocycles. The van der Waals surface area contributed by atoms with Crippen molar-refractivity contribution in [2.45, 2.75) is 33.6 Å². The van der Waals surface area contributed by atoms with Gasteiger partial charge in [-0.05, 0) is 20.3 Å². The minimum atomic E-state index is -0.194. The summed E-state index contributed by atoms with van der Waals surface area (Å²) < 4.78 is 5.07. The molecule has 0 amide bonds. The smallest absolute Gasteiger partial charge is 0.336 e. The average Bonchev–Trinajstić information content (AvgIpc) is 2.14. The van der Waals surface area contributed by atoms with Crippen LogP contribution in [-0.4, -0.2) is 12.6 Å². The first kappa shape index (κ1) is 10.8. The Hall–Kier alpha value is -1.25. The number of rotatable bonds is 3. The number of allylic oxidation sites excluding steroid dienone is 3.